The number of rotatable bonds is 6. The molecule has 1 saturated heterocycles. The molecule has 1 aromatic carbocycles. The molecule has 1 aliphatic rings. The molecule has 1 fully saturated rings. The van der Waals surface area contributed by atoms with Crippen molar-refractivity contribution in [2.45, 2.75) is 39.5 Å². The Labute approximate surface area is 123 Å². The van der Waals surface area contributed by atoms with Crippen LogP contribution in [0.4, 0.5) is 0 Å². The number of benzene rings is 1. The summed E-state index contributed by atoms with van der Waals surface area (Å²) < 4.78 is 0. The lowest BCUT2D eigenvalue weighted by atomic mass is 9.90. The zero-order valence-corrected chi connectivity index (χ0v) is 12.8. The van der Waals surface area contributed by atoms with Crippen molar-refractivity contribution in [1.29, 1.82) is 0 Å². The van der Waals surface area contributed by atoms with Crippen LogP contribution in [0.3, 0.4) is 0 Å². The summed E-state index contributed by atoms with van der Waals surface area (Å²) in [4.78, 5) is 14.1. The molecular formula is C18H27NO. The summed E-state index contributed by atoms with van der Waals surface area (Å²) in [5, 5.41) is 0. The van der Waals surface area contributed by atoms with Gasteiger partial charge >= 0.3 is 0 Å². The zero-order valence-electron chi connectivity index (χ0n) is 12.8. The Bertz CT molecular complexity index is 405. The molecule has 2 rings (SSSR count). The van der Waals surface area contributed by atoms with Gasteiger partial charge < -0.3 is 4.90 Å². The molecule has 1 aliphatic heterocycles. The van der Waals surface area contributed by atoms with E-state index in [1.807, 2.05) is 13.8 Å². The van der Waals surface area contributed by atoms with E-state index in [4.69, 9.17) is 0 Å². The maximum Gasteiger partial charge on any atom is 0.136 e. The molecule has 0 radical (unpaired) electrons. The van der Waals surface area contributed by atoms with Gasteiger partial charge in [0.15, 0.2) is 0 Å². The molecule has 0 saturated carbocycles. The number of likely N-dealkylation sites (tertiary alicyclic amines) is 1. The zero-order chi connectivity index (χ0) is 14.4. The molecule has 0 aromatic heterocycles. The minimum atomic E-state index is 0.186. The van der Waals surface area contributed by atoms with Gasteiger partial charge in [-0.1, -0.05) is 44.2 Å². The van der Waals surface area contributed by atoms with Gasteiger partial charge in [-0.15, -0.1) is 0 Å². The van der Waals surface area contributed by atoms with Crippen molar-refractivity contribution < 1.29 is 4.79 Å². The lowest BCUT2D eigenvalue weighted by Crippen LogP contribution is -2.36. The standard InChI is InChI=1S/C18H27NO/c1-15(2)18(20)10-13-19-11-8-17(9-12-19)14-16-6-4-3-5-7-16/h3-7,15,17H,8-14H2,1-2H3. The fourth-order valence-corrected chi connectivity index (χ4v) is 2.92. The van der Waals surface area contributed by atoms with E-state index in [0.29, 0.717) is 5.78 Å². The number of Topliss-reactive ketones (excluding diaryl/α,β-unsaturated/α-hetero) is 1. The molecule has 0 N–H and O–H groups in total. The van der Waals surface area contributed by atoms with Crippen molar-refractivity contribution in [2.75, 3.05) is 19.6 Å². The van der Waals surface area contributed by atoms with Gasteiger partial charge in [0.1, 0.15) is 5.78 Å². The van der Waals surface area contributed by atoms with E-state index >= 15 is 0 Å². The molecule has 110 valence electrons. The average Bonchev–Trinajstić information content (AvgIpc) is 2.47. The highest BCUT2D eigenvalue weighted by atomic mass is 16.1. The number of ketones is 1. The molecule has 0 aliphatic carbocycles. The predicted molar refractivity (Wildman–Crippen MR) is 83.8 cm³/mol. The Morgan fingerprint density at radius 3 is 2.45 bits per heavy atom. The third kappa shape index (κ3) is 4.75. The predicted octanol–water partition coefficient (Wildman–Crippen LogP) is 3.56. The lowest BCUT2D eigenvalue weighted by molar-refractivity contribution is -0.122. The average molecular weight is 273 g/mol. The molecule has 20 heavy (non-hydrogen) atoms. The summed E-state index contributed by atoms with van der Waals surface area (Å²) in [6.07, 6.45) is 4.47. The molecule has 0 spiro atoms. The van der Waals surface area contributed by atoms with Gasteiger partial charge in [-0.2, -0.15) is 0 Å². The van der Waals surface area contributed by atoms with Gasteiger partial charge in [0.2, 0.25) is 0 Å². The van der Waals surface area contributed by atoms with Crippen molar-refractivity contribution in [3.63, 3.8) is 0 Å². The Balaban J connectivity index is 1.69. The Kier molecular flexibility index (Phi) is 5.78. The second-order valence-electron chi connectivity index (χ2n) is 6.35. The van der Waals surface area contributed by atoms with E-state index in [2.05, 4.69) is 35.2 Å². The van der Waals surface area contributed by atoms with Crippen LogP contribution in [0.2, 0.25) is 0 Å². The molecule has 1 aromatic rings. The van der Waals surface area contributed by atoms with Crippen LogP contribution in [0.5, 0.6) is 0 Å². The van der Waals surface area contributed by atoms with Crippen LogP contribution in [-0.2, 0) is 11.2 Å². The van der Waals surface area contributed by atoms with Crippen molar-refractivity contribution in [1.82, 2.24) is 4.90 Å². The van der Waals surface area contributed by atoms with Gasteiger partial charge in [0, 0.05) is 18.9 Å². The van der Waals surface area contributed by atoms with Gasteiger partial charge in [-0.25, -0.2) is 0 Å². The first-order chi connectivity index (χ1) is 9.65. The van der Waals surface area contributed by atoms with Crippen molar-refractivity contribution in [2.24, 2.45) is 11.8 Å². The van der Waals surface area contributed by atoms with Gasteiger partial charge in [-0.05, 0) is 43.8 Å². The number of carbonyl (C=O) groups excluding carboxylic acids is 1. The highest BCUT2D eigenvalue weighted by Gasteiger charge is 2.20. The summed E-state index contributed by atoms with van der Waals surface area (Å²) in [5.74, 6) is 1.40. The summed E-state index contributed by atoms with van der Waals surface area (Å²) in [5.41, 5.74) is 1.46. The third-order valence-electron chi connectivity index (χ3n) is 4.39. The molecule has 0 atom stereocenters. The summed E-state index contributed by atoms with van der Waals surface area (Å²) in [7, 11) is 0. The summed E-state index contributed by atoms with van der Waals surface area (Å²) >= 11 is 0. The molecule has 2 nitrogen and oxygen atoms in total. The maximum atomic E-state index is 11.7. The van der Waals surface area contributed by atoms with Crippen LogP contribution in [0.25, 0.3) is 0 Å². The monoisotopic (exact) mass is 273 g/mol. The fourth-order valence-electron chi connectivity index (χ4n) is 2.92. The smallest absolute Gasteiger partial charge is 0.136 e. The first-order valence-electron chi connectivity index (χ1n) is 7.94. The van der Waals surface area contributed by atoms with E-state index in [1.165, 1.54) is 24.8 Å². The Morgan fingerprint density at radius 1 is 1.20 bits per heavy atom. The Hall–Kier alpha value is -1.15. The van der Waals surface area contributed by atoms with Crippen LogP contribution >= 0.6 is 0 Å². The van der Waals surface area contributed by atoms with Crippen LogP contribution < -0.4 is 0 Å². The largest absolute Gasteiger partial charge is 0.303 e. The van der Waals surface area contributed by atoms with Crippen LogP contribution in [0.1, 0.15) is 38.7 Å². The van der Waals surface area contributed by atoms with Crippen LogP contribution in [0, 0.1) is 11.8 Å². The van der Waals surface area contributed by atoms with Crippen molar-refractivity contribution in [3.8, 4) is 0 Å². The maximum absolute atomic E-state index is 11.7. The molecule has 0 amide bonds. The first kappa shape index (κ1) is 15.2. The van der Waals surface area contributed by atoms with E-state index in [9.17, 15) is 4.79 Å². The fraction of sp³-hybridized carbons (Fsp3) is 0.611. The topological polar surface area (TPSA) is 20.3 Å². The third-order valence-corrected chi connectivity index (χ3v) is 4.39. The second-order valence-corrected chi connectivity index (χ2v) is 6.35. The van der Waals surface area contributed by atoms with E-state index in [-0.39, 0.29) is 5.92 Å². The van der Waals surface area contributed by atoms with Crippen LogP contribution in [-0.4, -0.2) is 30.3 Å². The molecule has 1 heterocycles. The first-order valence-corrected chi connectivity index (χ1v) is 7.94. The van der Waals surface area contributed by atoms with Gasteiger partial charge in [0.05, 0.1) is 0 Å². The normalized spacial score (nSPS) is 17.6. The highest BCUT2D eigenvalue weighted by Crippen LogP contribution is 2.21. The van der Waals surface area contributed by atoms with Crippen molar-refractivity contribution >= 4 is 5.78 Å². The molecule has 0 unspecified atom stereocenters. The number of hydrogen-bond acceptors (Lipinski definition) is 2. The number of carbonyl (C=O) groups is 1. The number of nitrogens with zero attached hydrogens (tertiary/aromatic N) is 1. The van der Waals surface area contributed by atoms with E-state index < -0.39 is 0 Å². The van der Waals surface area contributed by atoms with E-state index in [1.54, 1.807) is 0 Å². The quantitative estimate of drug-likeness (QED) is 0.790. The minimum Gasteiger partial charge on any atom is -0.303 e. The SMILES string of the molecule is CC(C)C(=O)CCN1CCC(Cc2ccccc2)CC1. The highest BCUT2D eigenvalue weighted by molar-refractivity contribution is 5.80. The van der Waals surface area contributed by atoms with Gasteiger partial charge in [-0.3, -0.25) is 4.79 Å². The lowest BCUT2D eigenvalue weighted by Gasteiger charge is -2.32. The minimum absolute atomic E-state index is 0.186. The summed E-state index contributed by atoms with van der Waals surface area (Å²) in [6, 6.07) is 10.8. The molecule has 2 heteroatoms. The molecular weight excluding hydrogens is 246 g/mol. The van der Waals surface area contributed by atoms with Gasteiger partial charge in [0.25, 0.3) is 0 Å². The molecule has 0 bridgehead atoms. The second kappa shape index (κ2) is 7.58. The number of piperidine rings is 1. The van der Waals surface area contributed by atoms with Crippen molar-refractivity contribution in [3.05, 3.63) is 35.9 Å². The summed E-state index contributed by atoms with van der Waals surface area (Å²) in [6.45, 7) is 7.25. The van der Waals surface area contributed by atoms with Crippen LogP contribution in [0.15, 0.2) is 30.3 Å². The Morgan fingerprint density at radius 2 is 1.85 bits per heavy atom. The number of hydrogen-bond donors (Lipinski definition) is 0. The van der Waals surface area contributed by atoms with E-state index in [0.717, 1.165) is 32.0 Å².